The third-order valence-corrected chi connectivity index (χ3v) is 6.75. The summed E-state index contributed by atoms with van der Waals surface area (Å²) in [7, 11) is 1.70. The summed E-state index contributed by atoms with van der Waals surface area (Å²) in [5.41, 5.74) is 9.69. The molecule has 0 saturated carbocycles. The molecule has 1 unspecified atom stereocenters. The minimum Gasteiger partial charge on any atom is -0.404 e. The van der Waals surface area contributed by atoms with Crippen molar-refractivity contribution < 1.29 is 4.79 Å². The minimum atomic E-state index is -0.533. The van der Waals surface area contributed by atoms with Crippen molar-refractivity contribution in [1.82, 2.24) is 9.97 Å². The van der Waals surface area contributed by atoms with E-state index in [-0.39, 0.29) is 5.91 Å². The number of amides is 1. The van der Waals surface area contributed by atoms with E-state index in [9.17, 15) is 4.79 Å². The summed E-state index contributed by atoms with van der Waals surface area (Å²) in [6, 6.07) is 7.66. The van der Waals surface area contributed by atoms with Crippen LogP contribution in [0.5, 0.6) is 0 Å². The minimum absolute atomic E-state index is 0.0984. The summed E-state index contributed by atoms with van der Waals surface area (Å²) in [5, 5.41) is 2.48. The van der Waals surface area contributed by atoms with Crippen LogP contribution in [0.3, 0.4) is 0 Å². The third-order valence-electron chi connectivity index (χ3n) is 6.52. The Morgan fingerprint density at radius 1 is 1.27 bits per heavy atom. The Labute approximate surface area is 199 Å². The Hall–Kier alpha value is -3.25. The number of fused-ring (bicyclic) bond motifs is 2. The first-order valence-corrected chi connectivity index (χ1v) is 11.6. The predicted molar refractivity (Wildman–Crippen MR) is 136 cm³/mol. The predicted octanol–water partition coefficient (Wildman–Crippen LogP) is 5.28. The molecule has 3 aromatic rings. The number of benzene rings is 1. The van der Waals surface area contributed by atoms with Gasteiger partial charge in [-0.25, -0.2) is 0 Å². The van der Waals surface area contributed by atoms with E-state index in [2.05, 4.69) is 23.8 Å². The highest BCUT2D eigenvalue weighted by Gasteiger charge is 2.49. The molecular formula is C26H28ClN5O. The van der Waals surface area contributed by atoms with Gasteiger partial charge in [-0.05, 0) is 42.0 Å². The fourth-order valence-electron chi connectivity index (χ4n) is 4.99. The Morgan fingerprint density at radius 2 is 2.09 bits per heavy atom. The number of nitrogens with two attached hydrogens (primary N) is 1. The average molecular weight is 462 g/mol. The molecule has 0 aliphatic carbocycles. The van der Waals surface area contributed by atoms with Gasteiger partial charge in [-0.2, -0.15) is 0 Å². The van der Waals surface area contributed by atoms with Gasteiger partial charge < -0.3 is 10.6 Å². The van der Waals surface area contributed by atoms with Crippen LogP contribution < -0.4 is 10.6 Å². The van der Waals surface area contributed by atoms with Crippen LogP contribution in [-0.2, 0) is 16.8 Å². The number of halogens is 1. The highest BCUT2D eigenvalue weighted by atomic mass is 35.5. The summed E-state index contributed by atoms with van der Waals surface area (Å²) < 4.78 is 0. The molecule has 1 amide bonds. The van der Waals surface area contributed by atoms with E-state index < -0.39 is 5.41 Å². The number of aliphatic imine (C=N–C) groups is 1. The van der Waals surface area contributed by atoms with E-state index in [1.165, 1.54) is 6.20 Å². The van der Waals surface area contributed by atoms with Crippen molar-refractivity contribution in [2.75, 3.05) is 11.9 Å². The largest absolute Gasteiger partial charge is 0.404 e. The lowest BCUT2D eigenvalue weighted by Crippen LogP contribution is -2.40. The summed E-state index contributed by atoms with van der Waals surface area (Å²) >= 11 is 6.22. The van der Waals surface area contributed by atoms with Crippen LogP contribution in [0.15, 0.2) is 54.0 Å². The van der Waals surface area contributed by atoms with E-state index in [4.69, 9.17) is 22.3 Å². The van der Waals surface area contributed by atoms with E-state index in [1.54, 1.807) is 31.9 Å². The zero-order valence-electron chi connectivity index (χ0n) is 19.2. The second kappa shape index (κ2) is 9.32. The number of carbonyl (C=O) groups is 1. The lowest BCUT2D eigenvalue weighted by atomic mass is 9.76. The average Bonchev–Trinajstić information content (AvgIpc) is 3.06. The monoisotopic (exact) mass is 461 g/mol. The van der Waals surface area contributed by atoms with Gasteiger partial charge in [0, 0.05) is 53.4 Å². The van der Waals surface area contributed by atoms with Gasteiger partial charge >= 0.3 is 0 Å². The molecule has 7 heteroatoms. The maximum Gasteiger partial charge on any atom is 0.238 e. The van der Waals surface area contributed by atoms with E-state index >= 15 is 0 Å². The SMILES string of the molecule is CCCC1(CC)C(=O)N(Cc2ncc3cc(Cl)ccc3c2C(C=NC)=CN)c2cnccc21. The zero-order chi connectivity index (χ0) is 23.6. The molecule has 2 N–H and O–H groups in total. The van der Waals surface area contributed by atoms with Crippen molar-refractivity contribution >= 4 is 45.8 Å². The third kappa shape index (κ3) is 3.78. The number of aromatic nitrogens is 2. The molecule has 1 aromatic carbocycles. The molecule has 0 bridgehead atoms. The van der Waals surface area contributed by atoms with Crippen molar-refractivity contribution in [3.63, 3.8) is 0 Å². The van der Waals surface area contributed by atoms with Crippen LogP contribution in [0.2, 0.25) is 5.02 Å². The van der Waals surface area contributed by atoms with Gasteiger partial charge in [-0.15, -0.1) is 0 Å². The first-order valence-electron chi connectivity index (χ1n) is 11.2. The topological polar surface area (TPSA) is 84.5 Å². The number of nitrogens with zero attached hydrogens (tertiary/aromatic N) is 4. The summed E-state index contributed by atoms with van der Waals surface area (Å²) in [5.74, 6) is 0.0984. The van der Waals surface area contributed by atoms with Crippen molar-refractivity contribution in [2.45, 2.75) is 45.1 Å². The first-order chi connectivity index (χ1) is 16.0. The molecular weight excluding hydrogens is 434 g/mol. The van der Waals surface area contributed by atoms with E-state index in [0.717, 1.165) is 58.1 Å². The molecule has 0 saturated heterocycles. The second-order valence-corrected chi connectivity index (χ2v) is 8.73. The lowest BCUT2D eigenvalue weighted by Gasteiger charge is -2.27. The molecule has 4 rings (SSSR count). The fourth-order valence-corrected chi connectivity index (χ4v) is 5.17. The van der Waals surface area contributed by atoms with Crippen LogP contribution in [0.25, 0.3) is 16.3 Å². The Balaban J connectivity index is 1.89. The van der Waals surface area contributed by atoms with Crippen molar-refractivity contribution in [2.24, 2.45) is 10.7 Å². The van der Waals surface area contributed by atoms with Crippen LogP contribution >= 0.6 is 11.6 Å². The van der Waals surface area contributed by atoms with Gasteiger partial charge in [-0.1, -0.05) is 37.9 Å². The van der Waals surface area contributed by atoms with Gasteiger partial charge in [0.15, 0.2) is 0 Å². The zero-order valence-corrected chi connectivity index (χ0v) is 19.9. The molecule has 0 fully saturated rings. The molecule has 0 radical (unpaired) electrons. The maximum absolute atomic E-state index is 13.9. The van der Waals surface area contributed by atoms with Crippen LogP contribution in [0, 0.1) is 0 Å². The van der Waals surface area contributed by atoms with E-state index in [1.807, 2.05) is 29.2 Å². The quantitative estimate of drug-likeness (QED) is 0.485. The Bertz CT molecular complexity index is 1270. The molecule has 33 heavy (non-hydrogen) atoms. The molecule has 1 aliphatic heterocycles. The Morgan fingerprint density at radius 3 is 2.79 bits per heavy atom. The number of rotatable bonds is 7. The highest BCUT2D eigenvalue weighted by Crippen LogP contribution is 2.47. The molecule has 3 heterocycles. The van der Waals surface area contributed by atoms with Crippen LogP contribution in [0.1, 0.15) is 49.9 Å². The first kappa shape index (κ1) is 22.9. The fraction of sp³-hybridized carbons (Fsp3) is 0.308. The number of carbonyl (C=O) groups excluding carboxylic acids is 1. The lowest BCUT2D eigenvalue weighted by molar-refractivity contribution is -0.123. The smallest absolute Gasteiger partial charge is 0.238 e. The molecule has 170 valence electrons. The van der Waals surface area contributed by atoms with Gasteiger partial charge in [-0.3, -0.25) is 19.8 Å². The maximum atomic E-state index is 13.9. The second-order valence-electron chi connectivity index (χ2n) is 8.29. The molecule has 6 nitrogen and oxygen atoms in total. The number of anilines is 1. The number of hydrogen-bond donors (Lipinski definition) is 1. The van der Waals surface area contributed by atoms with Crippen LogP contribution in [-0.4, -0.2) is 29.1 Å². The molecule has 2 aromatic heterocycles. The van der Waals surface area contributed by atoms with Gasteiger partial charge in [0.2, 0.25) is 5.91 Å². The van der Waals surface area contributed by atoms with Crippen molar-refractivity contribution in [3.8, 4) is 0 Å². The number of hydrogen-bond acceptors (Lipinski definition) is 5. The van der Waals surface area contributed by atoms with Crippen molar-refractivity contribution in [1.29, 1.82) is 0 Å². The summed E-state index contributed by atoms with van der Waals surface area (Å²) in [4.78, 5) is 29.0. The van der Waals surface area contributed by atoms with Gasteiger partial charge in [0.1, 0.15) is 0 Å². The van der Waals surface area contributed by atoms with E-state index in [0.29, 0.717) is 11.6 Å². The molecule has 1 aliphatic rings. The molecule has 1 atom stereocenters. The van der Waals surface area contributed by atoms with Gasteiger partial charge in [0.25, 0.3) is 0 Å². The standard InChI is InChI=1S/C26H28ClN5O/c1-4-9-26(5-2)21-8-10-30-15-23(21)32(25(26)33)16-22-24(18(12-28)13-29-3)20-7-6-19(27)11-17(20)14-31-22/h6-8,10-15H,4-5,9,16,28H2,1-3H3. The number of allylic oxidation sites excluding steroid dienone is 1. The summed E-state index contributed by atoms with van der Waals surface area (Å²) in [6.07, 6.45) is 11.0. The summed E-state index contributed by atoms with van der Waals surface area (Å²) in [6.45, 7) is 4.51. The van der Waals surface area contributed by atoms with Crippen molar-refractivity contribution in [3.05, 3.63) is 70.9 Å². The highest BCUT2D eigenvalue weighted by molar-refractivity contribution is 6.31. The number of pyridine rings is 2. The van der Waals surface area contributed by atoms with Crippen LogP contribution in [0.4, 0.5) is 5.69 Å². The Kier molecular flexibility index (Phi) is 6.47. The normalized spacial score (nSPS) is 18.5. The van der Waals surface area contributed by atoms with Gasteiger partial charge in [0.05, 0.1) is 29.5 Å². The molecule has 0 spiro atoms.